The molecule has 0 spiro atoms. The fraction of sp³-hybridized carbons (Fsp3) is 0.200. The van der Waals surface area contributed by atoms with Crippen LogP contribution in [0.2, 0.25) is 0 Å². The van der Waals surface area contributed by atoms with Crippen LogP contribution in [0.1, 0.15) is 39.0 Å². The van der Waals surface area contributed by atoms with Crippen molar-refractivity contribution in [1.82, 2.24) is 0 Å². The number of furan rings is 1. The highest BCUT2D eigenvalue weighted by molar-refractivity contribution is 6.06. The number of esters is 1. The summed E-state index contributed by atoms with van der Waals surface area (Å²) in [5, 5.41) is 3.72. The average molecular weight is 337 g/mol. The quantitative estimate of drug-likeness (QED) is 0.713. The van der Waals surface area contributed by atoms with Crippen molar-refractivity contribution in [3.05, 3.63) is 64.9 Å². The Morgan fingerprint density at radius 3 is 2.48 bits per heavy atom. The standard InChI is InChI=1S/C20H19NO4/c1-4-24-20(23)14-6-8-15(9-7-14)21-19(22)18-13(3)16-11-12(2)5-10-17(16)25-18/h5-11H,4H2,1-3H3,(H,21,22). The summed E-state index contributed by atoms with van der Waals surface area (Å²) in [6.07, 6.45) is 0. The van der Waals surface area contributed by atoms with Gasteiger partial charge in [0.05, 0.1) is 12.2 Å². The lowest BCUT2D eigenvalue weighted by molar-refractivity contribution is 0.0526. The number of fused-ring (bicyclic) bond motifs is 1. The molecule has 3 aromatic rings. The Balaban J connectivity index is 1.80. The van der Waals surface area contributed by atoms with Crippen LogP contribution in [0.5, 0.6) is 0 Å². The minimum absolute atomic E-state index is 0.287. The second kappa shape index (κ2) is 6.81. The van der Waals surface area contributed by atoms with Gasteiger partial charge in [-0.2, -0.15) is 0 Å². The molecule has 1 heterocycles. The van der Waals surface area contributed by atoms with Crippen LogP contribution in [0.25, 0.3) is 11.0 Å². The van der Waals surface area contributed by atoms with E-state index in [4.69, 9.17) is 9.15 Å². The molecule has 5 nitrogen and oxygen atoms in total. The van der Waals surface area contributed by atoms with Crippen LogP contribution in [-0.2, 0) is 4.74 Å². The first kappa shape index (κ1) is 16.8. The molecule has 0 bridgehead atoms. The predicted molar refractivity (Wildman–Crippen MR) is 96.0 cm³/mol. The van der Waals surface area contributed by atoms with Gasteiger partial charge in [-0.1, -0.05) is 11.6 Å². The summed E-state index contributed by atoms with van der Waals surface area (Å²) in [6.45, 7) is 5.94. The number of rotatable bonds is 4. The zero-order valence-corrected chi connectivity index (χ0v) is 14.4. The first-order valence-electron chi connectivity index (χ1n) is 8.08. The smallest absolute Gasteiger partial charge is 0.338 e. The third kappa shape index (κ3) is 3.40. The molecular weight excluding hydrogens is 318 g/mol. The number of anilines is 1. The highest BCUT2D eigenvalue weighted by Crippen LogP contribution is 2.27. The molecule has 0 radical (unpaired) electrons. The molecule has 5 heteroatoms. The molecule has 128 valence electrons. The second-order valence-electron chi connectivity index (χ2n) is 5.81. The van der Waals surface area contributed by atoms with E-state index in [0.717, 1.165) is 16.5 Å². The first-order chi connectivity index (χ1) is 12.0. The number of hydrogen-bond donors (Lipinski definition) is 1. The summed E-state index contributed by atoms with van der Waals surface area (Å²) >= 11 is 0. The van der Waals surface area contributed by atoms with Gasteiger partial charge in [0.25, 0.3) is 5.91 Å². The fourth-order valence-corrected chi connectivity index (χ4v) is 2.64. The van der Waals surface area contributed by atoms with Gasteiger partial charge in [0.1, 0.15) is 5.58 Å². The number of ether oxygens (including phenoxy) is 1. The summed E-state index contributed by atoms with van der Waals surface area (Å²) in [7, 11) is 0. The molecule has 0 fully saturated rings. The van der Waals surface area contributed by atoms with Crippen LogP contribution >= 0.6 is 0 Å². The van der Waals surface area contributed by atoms with Crippen LogP contribution < -0.4 is 5.32 Å². The Morgan fingerprint density at radius 1 is 1.08 bits per heavy atom. The number of amides is 1. The fourth-order valence-electron chi connectivity index (χ4n) is 2.64. The minimum atomic E-state index is -0.385. The number of carbonyl (C=O) groups is 2. The number of benzene rings is 2. The molecule has 2 aromatic carbocycles. The van der Waals surface area contributed by atoms with Crippen LogP contribution in [0.4, 0.5) is 5.69 Å². The first-order valence-corrected chi connectivity index (χ1v) is 8.08. The third-order valence-corrected chi connectivity index (χ3v) is 3.95. The van der Waals surface area contributed by atoms with Gasteiger partial charge in [-0.3, -0.25) is 4.79 Å². The number of hydrogen-bond acceptors (Lipinski definition) is 4. The van der Waals surface area contributed by atoms with Gasteiger partial charge in [0.2, 0.25) is 0 Å². The predicted octanol–water partition coefficient (Wildman–Crippen LogP) is 4.48. The maximum Gasteiger partial charge on any atom is 0.338 e. The van der Waals surface area contributed by atoms with Crippen molar-refractivity contribution in [1.29, 1.82) is 0 Å². The molecule has 1 N–H and O–H groups in total. The Morgan fingerprint density at radius 2 is 1.80 bits per heavy atom. The molecule has 1 amide bonds. The maximum atomic E-state index is 12.5. The van der Waals surface area contributed by atoms with Crippen molar-refractivity contribution in [2.24, 2.45) is 0 Å². The van der Waals surface area contributed by atoms with Crippen molar-refractivity contribution in [3.63, 3.8) is 0 Å². The zero-order valence-electron chi connectivity index (χ0n) is 14.4. The molecular formula is C20H19NO4. The van der Waals surface area contributed by atoms with Crippen molar-refractivity contribution in [3.8, 4) is 0 Å². The van der Waals surface area contributed by atoms with Gasteiger partial charge in [-0.25, -0.2) is 4.79 Å². The van der Waals surface area contributed by atoms with Crippen molar-refractivity contribution in [2.75, 3.05) is 11.9 Å². The summed E-state index contributed by atoms with van der Waals surface area (Å²) in [5.41, 5.74) is 3.62. The highest BCUT2D eigenvalue weighted by Gasteiger charge is 2.18. The zero-order chi connectivity index (χ0) is 18.0. The van der Waals surface area contributed by atoms with Crippen LogP contribution in [-0.4, -0.2) is 18.5 Å². The van der Waals surface area contributed by atoms with E-state index in [9.17, 15) is 9.59 Å². The van der Waals surface area contributed by atoms with Crippen molar-refractivity contribution >= 4 is 28.5 Å². The van der Waals surface area contributed by atoms with E-state index in [2.05, 4.69) is 5.32 Å². The molecule has 0 unspecified atom stereocenters. The van der Waals surface area contributed by atoms with Gasteiger partial charge in [0, 0.05) is 16.6 Å². The van der Waals surface area contributed by atoms with Crippen molar-refractivity contribution < 1.29 is 18.7 Å². The summed E-state index contributed by atoms with van der Waals surface area (Å²) in [6, 6.07) is 12.4. The molecule has 0 aliphatic carbocycles. The Hall–Kier alpha value is -3.08. The van der Waals surface area contributed by atoms with E-state index in [-0.39, 0.29) is 17.6 Å². The second-order valence-corrected chi connectivity index (χ2v) is 5.81. The van der Waals surface area contributed by atoms with Crippen molar-refractivity contribution in [2.45, 2.75) is 20.8 Å². The number of carbonyl (C=O) groups excluding carboxylic acids is 2. The lowest BCUT2D eigenvalue weighted by Crippen LogP contribution is -2.12. The Kier molecular flexibility index (Phi) is 4.57. The van der Waals surface area contributed by atoms with Gasteiger partial charge >= 0.3 is 5.97 Å². The normalized spacial score (nSPS) is 10.7. The summed E-state index contributed by atoms with van der Waals surface area (Å²) in [4.78, 5) is 24.2. The van der Waals surface area contributed by atoms with Crippen LogP contribution in [0.3, 0.4) is 0 Å². The monoisotopic (exact) mass is 337 g/mol. The Labute approximate surface area is 145 Å². The van der Waals surface area contributed by atoms with Gasteiger partial charge in [0.15, 0.2) is 5.76 Å². The van der Waals surface area contributed by atoms with E-state index in [1.54, 1.807) is 31.2 Å². The lowest BCUT2D eigenvalue weighted by atomic mass is 10.1. The van der Waals surface area contributed by atoms with Crippen LogP contribution in [0, 0.1) is 13.8 Å². The molecule has 1 aromatic heterocycles. The molecule has 0 saturated carbocycles. The van der Waals surface area contributed by atoms with E-state index >= 15 is 0 Å². The highest BCUT2D eigenvalue weighted by atomic mass is 16.5. The molecule has 0 saturated heterocycles. The molecule has 0 aliphatic heterocycles. The lowest BCUT2D eigenvalue weighted by Gasteiger charge is -2.05. The van der Waals surface area contributed by atoms with E-state index in [0.29, 0.717) is 23.4 Å². The summed E-state index contributed by atoms with van der Waals surface area (Å²) < 4.78 is 10.6. The molecule has 25 heavy (non-hydrogen) atoms. The molecule has 3 rings (SSSR count). The van der Waals surface area contributed by atoms with E-state index < -0.39 is 0 Å². The van der Waals surface area contributed by atoms with E-state index in [1.165, 1.54) is 0 Å². The average Bonchev–Trinajstić information content (AvgIpc) is 2.92. The Bertz CT molecular complexity index is 938. The molecule has 0 atom stereocenters. The van der Waals surface area contributed by atoms with Gasteiger partial charge in [-0.05, 0) is 57.2 Å². The topological polar surface area (TPSA) is 68.5 Å². The molecule has 0 aliphatic rings. The maximum absolute atomic E-state index is 12.5. The van der Waals surface area contributed by atoms with Crippen LogP contribution in [0.15, 0.2) is 46.9 Å². The van der Waals surface area contributed by atoms with E-state index in [1.807, 2.05) is 32.0 Å². The minimum Gasteiger partial charge on any atom is -0.462 e. The van der Waals surface area contributed by atoms with Gasteiger partial charge < -0.3 is 14.5 Å². The third-order valence-electron chi connectivity index (χ3n) is 3.95. The number of aryl methyl sites for hydroxylation is 2. The summed E-state index contributed by atoms with van der Waals surface area (Å²) in [5.74, 6) is -0.422. The number of nitrogens with one attached hydrogen (secondary N) is 1. The largest absolute Gasteiger partial charge is 0.462 e. The van der Waals surface area contributed by atoms with Gasteiger partial charge in [-0.15, -0.1) is 0 Å². The SMILES string of the molecule is CCOC(=O)c1ccc(NC(=O)c2oc3ccc(C)cc3c2C)cc1.